The molecule has 0 unspecified atom stereocenters. The second kappa shape index (κ2) is 7.86. The summed E-state index contributed by atoms with van der Waals surface area (Å²) in [5.41, 5.74) is -0.742. The number of nitrogens with one attached hydrogen (secondary N) is 1. The van der Waals surface area contributed by atoms with Crippen LogP contribution in [0, 0.1) is 22.9 Å². The maximum Gasteiger partial charge on any atom is 0.293 e. The van der Waals surface area contributed by atoms with Gasteiger partial charge in [-0.1, -0.05) is 12.1 Å². The van der Waals surface area contributed by atoms with Crippen LogP contribution in [0.4, 0.5) is 15.8 Å². The summed E-state index contributed by atoms with van der Waals surface area (Å²) < 4.78 is 14.2. The zero-order valence-corrected chi connectivity index (χ0v) is 16.5. The van der Waals surface area contributed by atoms with Crippen LogP contribution in [0.3, 0.4) is 0 Å². The molecule has 0 radical (unpaired) electrons. The Kier molecular flexibility index (Phi) is 5.46. The Hall–Kier alpha value is -3.88. The van der Waals surface area contributed by atoms with Crippen molar-refractivity contribution < 1.29 is 14.1 Å². The number of carbonyl (C=O) groups is 1. The number of nitro groups is 1. The highest BCUT2D eigenvalue weighted by atomic mass is 19.1. The highest BCUT2D eigenvalue weighted by molar-refractivity contribution is 5.98. The Balaban J connectivity index is 2.00. The predicted octanol–water partition coefficient (Wildman–Crippen LogP) is 3.64. The van der Waals surface area contributed by atoms with Gasteiger partial charge >= 0.3 is 0 Å². The van der Waals surface area contributed by atoms with Crippen molar-refractivity contribution >= 4 is 17.3 Å². The van der Waals surface area contributed by atoms with Crippen LogP contribution in [0.15, 0.2) is 59.4 Å². The Morgan fingerprint density at radius 2 is 1.80 bits per heavy atom. The molecule has 1 amide bonds. The molecule has 3 aromatic rings. The van der Waals surface area contributed by atoms with Gasteiger partial charge in [-0.2, -0.15) is 5.10 Å². The number of rotatable bonds is 5. The molecular formula is C21H19FN4O4. The molecule has 0 aliphatic heterocycles. The van der Waals surface area contributed by atoms with E-state index in [2.05, 4.69) is 10.4 Å². The zero-order chi connectivity index (χ0) is 22.1. The van der Waals surface area contributed by atoms with Crippen LogP contribution in [0.5, 0.6) is 0 Å². The first kappa shape index (κ1) is 20.8. The summed E-state index contributed by atoms with van der Waals surface area (Å²) in [4.78, 5) is 36.2. The Labute approximate surface area is 171 Å². The van der Waals surface area contributed by atoms with Gasteiger partial charge in [0.05, 0.1) is 10.6 Å². The van der Waals surface area contributed by atoms with Gasteiger partial charge in [0, 0.05) is 17.7 Å². The number of aryl methyl sites for hydroxylation is 1. The van der Waals surface area contributed by atoms with Crippen LogP contribution in [0.2, 0.25) is 0 Å². The number of hydrogen-bond acceptors (Lipinski definition) is 5. The molecular weight excluding hydrogens is 391 g/mol. The van der Waals surface area contributed by atoms with Crippen molar-refractivity contribution in [3.63, 3.8) is 0 Å². The van der Waals surface area contributed by atoms with Gasteiger partial charge in [-0.25, -0.2) is 9.07 Å². The van der Waals surface area contributed by atoms with Crippen LogP contribution in [-0.4, -0.2) is 20.6 Å². The maximum absolute atomic E-state index is 13.2. The third kappa shape index (κ3) is 3.95. The average molecular weight is 410 g/mol. The van der Waals surface area contributed by atoms with E-state index in [1.165, 1.54) is 62.4 Å². The molecule has 0 saturated heterocycles. The van der Waals surface area contributed by atoms with Crippen LogP contribution < -0.4 is 10.9 Å². The molecule has 1 aromatic heterocycles. The second-order valence-electron chi connectivity index (χ2n) is 7.21. The van der Waals surface area contributed by atoms with Crippen LogP contribution in [-0.2, 0) is 10.3 Å². The van der Waals surface area contributed by atoms with Crippen molar-refractivity contribution in [3.8, 4) is 11.3 Å². The number of nitrogens with zero attached hydrogens (tertiary/aromatic N) is 3. The summed E-state index contributed by atoms with van der Waals surface area (Å²) >= 11 is 0. The zero-order valence-electron chi connectivity index (χ0n) is 16.5. The molecule has 0 aliphatic carbocycles. The van der Waals surface area contributed by atoms with Crippen LogP contribution in [0.1, 0.15) is 19.4 Å². The van der Waals surface area contributed by atoms with Crippen molar-refractivity contribution in [3.05, 3.63) is 86.4 Å². The molecule has 9 heteroatoms. The van der Waals surface area contributed by atoms with Gasteiger partial charge in [-0.3, -0.25) is 19.7 Å². The Morgan fingerprint density at radius 3 is 2.43 bits per heavy atom. The number of para-hydroxylation sites is 1. The molecule has 0 atom stereocenters. The summed E-state index contributed by atoms with van der Waals surface area (Å²) in [6.45, 7) is 4.60. The highest BCUT2D eigenvalue weighted by Gasteiger charge is 2.34. The van der Waals surface area contributed by atoms with E-state index in [4.69, 9.17) is 0 Å². The van der Waals surface area contributed by atoms with E-state index in [9.17, 15) is 24.1 Å². The first-order valence-electron chi connectivity index (χ1n) is 9.03. The molecule has 154 valence electrons. The number of halogens is 1. The standard InChI is InChI=1S/C21H19FN4O4/c1-13-5-4-6-17(26(29)30)19(13)23-20(28)21(2,3)25-18(27)12-11-16(24-25)14-7-9-15(22)10-8-14/h4-12H,1-3H3,(H,23,28). The van der Waals surface area contributed by atoms with E-state index >= 15 is 0 Å². The number of nitro benzene ring substituents is 1. The summed E-state index contributed by atoms with van der Waals surface area (Å²) in [5, 5.41) is 18.2. The van der Waals surface area contributed by atoms with E-state index in [0.29, 0.717) is 16.8 Å². The predicted molar refractivity (Wildman–Crippen MR) is 110 cm³/mol. The number of hydrogen-bond donors (Lipinski definition) is 1. The number of amides is 1. The quantitative estimate of drug-likeness (QED) is 0.510. The molecule has 1 heterocycles. The van der Waals surface area contributed by atoms with Gasteiger partial charge in [0.2, 0.25) is 0 Å². The molecule has 0 aliphatic rings. The van der Waals surface area contributed by atoms with Crippen molar-refractivity contribution in [1.29, 1.82) is 0 Å². The number of carbonyl (C=O) groups excluding carboxylic acids is 1. The second-order valence-corrected chi connectivity index (χ2v) is 7.21. The lowest BCUT2D eigenvalue weighted by Crippen LogP contribution is -2.47. The minimum atomic E-state index is -1.47. The molecule has 3 rings (SSSR count). The fourth-order valence-corrected chi connectivity index (χ4v) is 2.92. The topological polar surface area (TPSA) is 107 Å². The lowest BCUT2D eigenvalue weighted by Gasteiger charge is -2.25. The summed E-state index contributed by atoms with van der Waals surface area (Å²) in [6.07, 6.45) is 0. The largest absolute Gasteiger partial charge is 0.318 e. The normalized spacial score (nSPS) is 11.2. The van der Waals surface area contributed by atoms with Gasteiger partial charge < -0.3 is 5.32 Å². The molecule has 8 nitrogen and oxygen atoms in total. The Morgan fingerprint density at radius 1 is 1.13 bits per heavy atom. The fourth-order valence-electron chi connectivity index (χ4n) is 2.92. The van der Waals surface area contributed by atoms with E-state index in [0.717, 1.165) is 4.68 Å². The molecule has 0 fully saturated rings. The SMILES string of the molecule is Cc1cccc([N+](=O)[O-])c1NC(=O)C(C)(C)n1nc(-c2ccc(F)cc2)ccc1=O. The van der Waals surface area contributed by atoms with Crippen LogP contribution >= 0.6 is 0 Å². The molecule has 2 aromatic carbocycles. The van der Waals surface area contributed by atoms with E-state index in [1.54, 1.807) is 13.0 Å². The van der Waals surface area contributed by atoms with Crippen molar-refractivity contribution in [1.82, 2.24) is 9.78 Å². The molecule has 30 heavy (non-hydrogen) atoms. The summed E-state index contributed by atoms with van der Waals surface area (Å²) in [6, 6.07) is 12.7. The minimum Gasteiger partial charge on any atom is -0.318 e. The third-order valence-electron chi connectivity index (χ3n) is 4.71. The van der Waals surface area contributed by atoms with Crippen molar-refractivity contribution in [2.24, 2.45) is 0 Å². The third-order valence-corrected chi connectivity index (χ3v) is 4.71. The van der Waals surface area contributed by atoms with Crippen LogP contribution in [0.25, 0.3) is 11.3 Å². The Bertz CT molecular complexity index is 1190. The summed E-state index contributed by atoms with van der Waals surface area (Å²) in [5.74, 6) is -1.06. The van der Waals surface area contributed by atoms with Gasteiger partial charge in [0.25, 0.3) is 17.2 Å². The summed E-state index contributed by atoms with van der Waals surface area (Å²) in [7, 11) is 0. The van der Waals surface area contributed by atoms with Gasteiger partial charge in [0.1, 0.15) is 17.0 Å². The molecule has 0 bridgehead atoms. The molecule has 0 spiro atoms. The van der Waals surface area contributed by atoms with Crippen molar-refractivity contribution in [2.45, 2.75) is 26.3 Å². The van der Waals surface area contributed by atoms with E-state index < -0.39 is 27.7 Å². The highest BCUT2D eigenvalue weighted by Crippen LogP contribution is 2.29. The van der Waals surface area contributed by atoms with Crippen molar-refractivity contribution in [2.75, 3.05) is 5.32 Å². The molecule has 0 saturated carbocycles. The number of aromatic nitrogens is 2. The average Bonchev–Trinajstić information content (AvgIpc) is 2.70. The first-order chi connectivity index (χ1) is 14.1. The maximum atomic E-state index is 13.2. The minimum absolute atomic E-state index is 0.0586. The molecule has 1 N–H and O–H groups in total. The van der Waals surface area contributed by atoms with E-state index in [-0.39, 0.29) is 11.4 Å². The monoisotopic (exact) mass is 410 g/mol. The first-order valence-corrected chi connectivity index (χ1v) is 9.03. The smallest absolute Gasteiger partial charge is 0.293 e. The van der Waals surface area contributed by atoms with Gasteiger partial charge in [-0.05, 0) is 56.7 Å². The lowest BCUT2D eigenvalue weighted by atomic mass is 10.0. The van der Waals surface area contributed by atoms with Gasteiger partial charge in [0.15, 0.2) is 0 Å². The van der Waals surface area contributed by atoms with Gasteiger partial charge in [-0.15, -0.1) is 0 Å². The van der Waals surface area contributed by atoms with E-state index in [1.807, 2.05) is 0 Å². The lowest BCUT2D eigenvalue weighted by molar-refractivity contribution is -0.384. The number of anilines is 1. The number of benzene rings is 2. The fraction of sp³-hybridized carbons (Fsp3) is 0.190.